The quantitative estimate of drug-likeness (QED) is 0.828. The van der Waals surface area contributed by atoms with Crippen LogP contribution in [0.2, 0.25) is 5.28 Å². The molecule has 2 aromatic rings. The van der Waals surface area contributed by atoms with E-state index in [-0.39, 0.29) is 5.28 Å². The van der Waals surface area contributed by atoms with Gasteiger partial charge in [-0.3, -0.25) is 0 Å². The van der Waals surface area contributed by atoms with Gasteiger partial charge in [0.05, 0.1) is 27.5 Å². The third-order valence-corrected chi connectivity index (χ3v) is 3.07. The van der Waals surface area contributed by atoms with E-state index in [0.29, 0.717) is 18.1 Å². The van der Waals surface area contributed by atoms with Gasteiger partial charge in [-0.25, -0.2) is 4.98 Å². The van der Waals surface area contributed by atoms with Crippen LogP contribution in [-0.4, -0.2) is 31.3 Å². The van der Waals surface area contributed by atoms with Gasteiger partial charge in [-0.15, -0.1) is 0 Å². The summed E-state index contributed by atoms with van der Waals surface area (Å²) < 4.78 is 15.7. The van der Waals surface area contributed by atoms with E-state index < -0.39 is 0 Å². The molecule has 0 aliphatic rings. The number of nitrogens with one attached hydrogen (secondary N) is 1. The molecule has 0 unspecified atom stereocenters. The van der Waals surface area contributed by atoms with Crippen LogP contribution >= 0.6 is 11.6 Å². The lowest BCUT2D eigenvalue weighted by molar-refractivity contribution is 0.391. The Bertz CT molecular complexity index is 622. The highest BCUT2D eigenvalue weighted by Crippen LogP contribution is 2.27. The van der Waals surface area contributed by atoms with Crippen LogP contribution in [0.5, 0.6) is 17.2 Å². The second-order valence-corrected chi connectivity index (χ2v) is 4.43. The van der Waals surface area contributed by atoms with E-state index in [1.54, 1.807) is 21.3 Å². The van der Waals surface area contributed by atoms with Gasteiger partial charge >= 0.3 is 0 Å². The molecule has 0 amide bonds. The van der Waals surface area contributed by atoms with Gasteiger partial charge < -0.3 is 19.5 Å². The average molecular weight is 310 g/mol. The second-order valence-electron chi connectivity index (χ2n) is 4.09. The van der Waals surface area contributed by atoms with Crippen molar-refractivity contribution in [2.24, 2.45) is 0 Å². The molecule has 0 aliphatic carbocycles. The number of rotatable bonds is 6. The van der Waals surface area contributed by atoms with Gasteiger partial charge in [0.25, 0.3) is 0 Å². The fourth-order valence-corrected chi connectivity index (χ4v) is 1.94. The number of nitrogens with zero attached hydrogens (tertiary/aromatic N) is 2. The summed E-state index contributed by atoms with van der Waals surface area (Å²) in [5, 5.41) is 3.30. The molecule has 0 fully saturated rings. The Balaban J connectivity index is 2.18. The molecule has 1 heterocycles. The molecule has 1 aromatic carbocycles. The van der Waals surface area contributed by atoms with Crippen LogP contribution in [0.15, 0.2) is 24.4 Å². The zero-order valence-corrected chi connectivity index (χ0v) is 12.8. The summed E-state index contributed by atoms with van der Waals surface area (Å²) in [6, 6.07) is 5.60. The SMILES string of the molecule is COc1ccc(CNc2nc(Cl)ncc2OC)c(OC)c1. The number of anilines is 1. The van der Waals surface area contributed by atoms with Gasteiger partial charge in [0.15, 0.2) is 11.6 Å². The van der Waals surface area contributed by atoms with Crippen molar-refractivity contribution in [3.05, 3.63) is 35.2 Å². The largest absolute Gasteiger partial charge is 0.497 e. The van der Waals surface area contributed by atoms with Gasteiger partial charge in [0.1, 0.15) is 11.5 Å². The third kappa shape index (κ3) is 3.66. The van der Waals surface area contributed by atoms with Crippen molar-refractivity contribution in [1.82, 2.24) is 9.97 Å². The lowest BCUT2D eigenvalue weighted by Crippen LogP contribution is -2.05. The van der Waals surface area contributed by atoms with E-state index in [9.17, 15) is 0 Å². The number of aromatic nitrogens is 2. The summed E-state index contributed by atoms with van der Waals surface area (Å²) in [5.74, 6) is 2.50. The van der Waals surface area contributed by atoms with E-state index in [2.05, 4.69) is 15.3 Å². The maximum atomic E-state index is 5.79. The van der Waals surface area contributed by atoms with Crippen molar-refractivity contribution in [3.8, 4) is 17.2 Å². The van der Waals surface area contributed by atoms with Gasteiger partial charge in [0.2, 0.25) is 5.28 Å². The minimum Gasteiger partial charge on any atom is -0.497 e. The van der Waals surface area contributed by atoms with Crippen molar-refractivity contribution in [3.63, 3.8) is 0 Å². The number of halogens is 1. The van der Waals surface area contributed by atoms with Crippen molar-refractivity contribution in [2.45, 2.75) is 6.54 Å². The second kappa shape index (κ2) is 6.99. The van der Waals surface area contributed by atoms with Gasteiger partial charge in [-0.05, 0) is 23.7 Å². The van der Waals surface area contributed by atoms with Crippen LogP contribution < -0.4 is 19.5 Å². The number of hydrogen-bond acceptors (Lipinski definition) is 6. The van der Waals surface area contributed by atoms with E-state index in [1.807, 2.05) is 18.2 Å². The first-order chi connectivity index (χ1) is 10.2. The van der Waals surface area contributed by atoms with E-state index >= 15 is 0 Å². The highest BCUT2D eigenvalue weighted by Gasteiger charge is 2.09. The molecule has 2 rings (SSSR count). The topological polar surface area (TPSA) is 65.5 Å². The van der Waals surface area contributed by atoms with Crippen LogP contribution in [0.1, 0.15) is 5.56 Å². The Hall–Kier alpha value is -2.21. The molecule has 1 N–H and O–H groups in total. The maximum Gasteiger partial charge on any atom is 0.224 e. The lowest BCUT2D eigenvalue weighted by atomic mass is 10.2. The van der Waals surface area contributed by atoms with Crippen LogP contribution in [0.25, 0.3) is 0 Å². The average Bonchev–Trinajstić information content (AvgIpc) is 2.52. The summed E-state index contributed by atoms with van der Waals surface area (Å²) in [6.45, 7) is 0.497. The van der Waals surface area contributed by atoms with E-state index in [0.717, 1.165) is 17.1 Å². The van der Waals surface area contributed by atoms with Gasteiger partial charge in [-0.2, -0.15) is 4.98 Å². The summed E-state index contributed by atoms with van der Waals surface area (Å²) in [6.07, 6.45) is 1.52. The smallest absolute Gasteiger partial charge is 0.224 e. The van der Waals surface area contributed by atoms with Crippen molar-refractivity contribution < 1.29 is 14.2 Å². The molecule has 6 nitrogen and oxygen atoms in total. The molecule has 0 radical (unpaired) electrons. The highest BCUT2D eigenvalue weighted by atomic mass is 35.5. The molecule has 0 aliphatic heterocycles. The first-order valence-electron chi connectivity index (χ1n) is 6.19. The zero-order valence-electron chi connectivity index (χ0n) is 12.0. The molecule has 0 bridgehead atoms. The standard InChI is InChI=1S/C14H16ClN3O3/c1-19-10-5-4-9(11(6-10)20-2)7-16-13-12(21-3)8-17-14(15)18-13/h4-6,8H,7H2,1-3H3,(H,16,17,18). The van der Waals surface area contributed by atoms with Crippen LogP contribution in [-0.2, 0) is 6.54 Å². The first-order valence-corrected chi connectivity index (χ1v) is 6.57. The number of hydrogen-bond donors (Lipinski definition) is 1. The molecule has 1 aromatic heterocycles. The monoisotopic (exact) mass is 309 g/mol. The van der Waals surface area contributed by atoms with Crippen molar-refractivity contribution in [2.75, 3.05) is 26.6 Å². The number of benzene rings is 1. The fraction of sp³-hybridized carbons (Fsp3) is 0.286. The Labute approximate surface area is 128 Å². The third-order valence-electron chi connectivity index (χ3n) is 2.89. The molecule has 0 saturated carbocycles. The molecule has 112 valence electrons. The van der Waals surface area contributed by atoms with Crippen LogP contribution in [0.3, 0.4) is 0 Å². The first kappa shape index (κ1) is 15.2. The lowest BCUT2D eigenvalue weighted by Gasteiger charge is -2.13. The molecule has 21 heavy (non-hydrogen) atoms. The molecular weight excluding hydrogens is 294 g/mol. The van der Waals surface area contributed by atoms with Gasteiger partial charge in [-0.1, -0.05) is 0 Å². The van der Waals surface area contributed by atoms with Crippen molar-refractivity contribution >= 4 is 17.4 Å². The van der Waals surface area contributed by atoms with Crippen LogP contribution in [0, 0.1) is 0 Å². The molecule has 0 spiro atoms. The molecule has 0 saturated heterocycles. The minimum atomic E-state index is 0.153. The van der Waals surface area contributed by atoms with Crippen molar-refractivity contribution in [1.29, 1.82) is 0 Å². The van der Waals surface area contributed by atoms with E-state index in [4.69, 9.17) is 25.8 Å². The predicted molar refractivity (Wildman–Crippen MR) is 80.5 cm³/mol. The Kier molecular flexibility index (Phi) is 5.05. The predicted octanol–water partition coefficient (Wildman–Crippen LogP) is 2.77. The normalized spacial score (nSPS) is 10.1. The Morgan fingerprint density at radius 1 is 1.10 bits per heavy atom. The Morgan fingerprint density at radius 3 is 2.52 bits per heavy atom. The highest BCUT2D eigenvalue weighted by molar-refractivity contribution is 6.28. The van der Waals surface area contributed by atoms with E-state index in [1.165, 1.54) is 6.20 Å². The minimum absolute atomic E-state index is 0.153. The Morgan fingerprint density at radius 2 is 1.86 bits per heavy atom. The van der Waals surface area contributed by atoms with Crippen LogP contribution in [0.4, 0.5) is 5.82 Å². The summed E-state index contributed by atoms with van der Waals surface area (Å²) in [4.78, 5) is 7.97. The number of ether oxygens (including phenoxy) is 3. The number of methoxy groups -OCH3 is 3. The summed E-state index contributed by atoms with van der Waals surface area (Å²) >= 11 is 5.79. The molecule has 0 atom stereocenters. The fourth-order valence-electron chi connectivity index (χ4n) is 1.80. The zero-order chi connectivity index (χ0) is 15.2. The van der Waals surface area contributed by atoms with Gasteiger partial charge in [0, 0.05) is 18.2 Å². The molecular formula is C14H16ClN3O3. The molecule has 7 heteroatoms. The summed E-state index contributed by atoms with van der Waals surface area (Å²) in [7, 11) is 4.77. The summed E-state index contributed by atoms with van der Waals surface area (Å²) in [5.41, 5.74) is 0.954. The maximum absolute atomic E-state index is 5.79.